The topological polar surface area (TPSA) is 96.7 Å². The summed E-state index contributed by atoms with van der Waals surface area (Å²) >= 11 is 0. The van der Waals surface area contributed by atoms with Gasteiger partial charge in [-0.15, -0.1) is 5.10 Å². The zero-order chi connectivity index (χ0) is 15.6. The van der Waals surface area contributed by atoms with E-state index in [1.807, 2.05) is 0 Å². The van der Waals surface area contributed by atoms with Crippen LogP contribution in [-0.4, -0.2) is 24.7 Å². The van der Waals surface area contributed by atoms with Crippen molar-refractivity contribution in [1.82, 2.24) is 19.6 Å². The van der Waals surface area contributed by atoms with Crippen LogP contribution in [0.25, 0.3) is 5.82 Å². The maximum Gasteiger partial charge on any atom is 0.288 e. The maximum absolute atomic E-state index is 12.1. The fourth-order valence-electron chi connectivity index (χ4n) is 1.79. The predicted molar refractivity (Wildman–Crippen MR) is 76.1 cm³/mol. The quantitative estimate of drug-likeness (QED) is 0.921. The minimum absolute atomic E-state index is 0.0255. The van der Waals surface area contributed by atoms with E-state index in [0.29, 0.717) is 13.0 Å². The van der Waals surface area contributed by atoms with E-state index in [1.54, 1.807) is 18.3 Å². The average molecular weight is 287 g/mol. The van der Waals surface area contributed by atoms with Crippen LogP contribution in [0.2, 0.25) is 0 Å². The molecular formula is C14H17N5O2. The summed E-state index contributed by atoms with van der Waals surface area (Å²) in [5, 5.41) is 27.2. The smallest absolute Gasteiger partial charge is 0.288 e. The molecule has 2 aromatic heterocycles. The summed E-state index contributed by atoms with van der Waals surface area (Å²) in [4.78, 5) is 12.1. The van der Waals surface area contributed by atoms with Gasteiger partial charge in [0.05, 0.1) is 0 Å². The van der Waals surface area contributed by atoms with Crippen LogP contribution < -0.4 is 5.56 Å². The van der Waals surface area contributed by atoms with Crippen LogP contribution >= 0.6 is 0 Å². The molecule has 0 saturated heterocycles. The molecule has 7 nitrogen and oxygen atoms in total. The third kappa shape index (κ3) is 3.11. The van der Waals surface area contributed by atoms with Crippen LogP contribution in [-0.2, 0) is 6.54 Å². The highest BCUT2D eigenvalue weighted by atomic mass is 16.3. The Kier molecular flexibility index (Phi) is 3.80. The van der Waals surface area contributed by atoms with Crippen LogP contribution in [0.5, 0.6) is 5.75 Å². The highest BCUT2D eigenvalue weighted by Crippen LogP contribution is 2.22. The monoisotopic (exact) mass is 287 g/mol. The molecule has 2 aromatic rings. The second-order valence-electron chi connectivity index (χ2n) is 5.95. The minimum atomic E-state index is -0.588. The summed E-state index contributed by atoms with van der Waals surface area (Å²) in [6, 6.07) is 3.40. The third-order valence-electron chi connectivity index (χ3n) is 3.02. The lowest BCUT2D eigenvalue weighted by Crippen LogP contribution is -2.28. The molecule has 0 aliphatic heterocycles. The number of aryl methyl sites for hydroxylation is 1. The van der Waals surface area contributed by atoms with Gasteiger partial charge in [-0.2, -0.15) is 10.4 Å². The minimum Gasteiger partial charge on any atom is -0.503 e. The first-order valence-electron chi connectivity index (χ1n) is 6.58. The van der Waals surface area contributed by atoms with Crippen LogP contribution in [0.4, 0.5) is 0 Å². The summed E-state index contributed by atoms with van der Waals surface area (Å²) in [6.07, 6.45) is 3.83. The van der Waals surface area contributed by atoms with Gasteiger partial charge in [0, 0.05) is 18.9 Å². The third-order valence-corrected chi connectivity index (χ3v) is 3.02. The lowest BCUT2D eigenvalue weighted by Gasteiger charge is -2.18. The van der Waals surface area contributed by atoms with Crippen LogP contribution in [0.15, 0.2) is 23.3 Å². The molecule has 0 saturated carbocycles. The van der Waals surface area contributed by atoms with Crippen LogP contribution in [0, 0.1) is 16.7 Å². The molecule has 0 aromatic carbocycles. The van der Waals surface area contributed by atoms with Gasteiger partial charge in [0.1, 0.15) is 6.07 Å². The number of aromatic hydroxyl groups is 1. The summed E-state index contributed by atoms with van der Waals surface area (Å²) in [5.41, 5.74) is -0.878. The highest BCUT2D eigenvalue weighted by molar-refractivity contribution is 5.49. The molecule has 110 valence electrons. The fourth-order valence-corrected chi connectivity index (χ4v) is 1.79. The summed E-state index contributed by atoms with van der Waals surface area (Å²) < 4.78 is 2.53. The normalized spacial score (nSPS) is 11.3. The Morgan fingerprint density at radius 3 is 2.67 bits per heavy atom. The van der Waals surface area contributed by atoms with E-state index in [9.17, 15) is 9.90 Å². The fraction of sp³-hybridized carbons (Fsp3) is 0.429. The van der Waals surface area contributed by atoms with Crippen molar-refractivity contribution in [3.05, 3.63) is 34.4 Å². The van der Waals surface area contributed by atoms with Crippen molar-refractivity contribution in [3.8, 4) is 17.6 Å². The lowest BCUT2D eigenvalue weighted by atomic mass is 9.92. The number of aromatic nitrogens is 4. The SMILES string of the molecule is CC(C)(C)CCn1nc(-n2cccn2)c(O)c(C#N)c1=O. The van der Waals surface area contributed by atoms with E-state index in [0.717, 1.165) is 0 Å². The summed E-state index contributed by atoms with van der Waals surface area (Å²) in [7, 11) is 0. The molecular weight excluding hydrogens is 270 g/mol. The Morgan fingerprint density at radius 1 is 1.43 bits per heavy atom. The molecule has 0 fully saturated rings. The molecule has 7 heteroatoms. The van der Waals surface area contributed by atoms with E-state index in [2.05, 4.69) is 31.0 Å². The molecule has 0 spiro atoms. The Bertz CT molecular complexity index is 732. The zero-order valence-electron chi connectivity index (χ0n) is 12.2. The van der Waals surface area contributed by atoms with E-state index in [4.69, 9.17) is 5.26 Å². The van der Waals surface area contributed by atoms with E-state index < -0.39 is 11.3 Å². The van der Waals surface area contributed by atoms with Crippen molar-refractivity contribution in [3.63, 3.8) is 0 Å². The molecule has 0 amide bonds. The Morgan fingerprint density at radius 2 is 2.14 bits per heavy atom. The number of hydrogen-bond acceptors (Lipinski definition) is 5. The molecule has 0 bridgehead atoms. The molecule has 0 radical (unpaired) electrons. The maximum atomic E-state index is 12.1. The number of nitriles is 1. The second-order valence-corrected chi connectivity index (χ2v) is 5.95. The van der Waals surface area contributed by atoms with Gasteiger partial charge in [-0.25, -0.2) is 9.36 Å². The van der Waals surface area contributed by atoms with Crippen LogP contribution in [0.1, 0.15) is 32.8 Å². The van der Waals surface area contributed by atoms with Crippen LogP contribution in [0.3, 0.4) is 0 Å². The molecule has 0 aliphatic carbocycles. The Balaban J connectivity index is 2.54. The largest absolute Gasteiger partial charge is 0.503 e. The van der Waals surface area contributed by atoms with Crippen molar-refractivity contribution < 1.29 is 5.11 Å². The standard InChI is InChI=1S/C14H17N5O2/c1-14(2,3)5-8-19-13(21)10(9-15)11(20)12(17-19)18-7-4-6-16-18/h4,6-7,20H,5,8H2,1-3H3. The number of nitrogens with zero attached hydrogens (tertiary/aromatic N) is 5. The van der Waals surface area contributed by atoms with E-state index >= 15 is 0 Å². The first-order chi connectivity index (χ1) is 9.83. The zero-order valence-corrected chi connectivity index (χ0v) is 12.2. The van der Waals surface area contributed by atoms with Gasteiger partial charge in [0.25, 0.3) is 5.56 Å². The predicted octanol–water partition coefficient (Wildman–Crippen LogP) is 1.44. The Labute approximate surface area is 122 Å². The van der Waals surface area contributed by atoms with Crippen molar-refractivity contribution in [2.45, 2.75) is 33.7 Å². The number of hydrogen-bond donors (Lipinski definition) is 1. The molecule has 2 heterocycles. The first-order valence-corrected chi connectivity index (χ1v) is 6.58. The van der Waals surface area contributed by atoms with Crippen molar-refractivity contribution >= 4 is 0 Å². The van der Waals surface area contributed by atoms with Gasteiger partial charge in [0.2, 0.25) is 5.82 Å². The van der Waals surface area contributed by atoms with Gasteiger partial charge >= 0.3 is 0 Å². The average Bonchev–Trinajstić information content (AvgIpc) is 2.91. The molecule has 0 aliphatic rings. The van der Waals surface area contributed by atoms with Gasteiger partial charge in [-0.1, -0.05) is 20.8 Å². The van der Waals surface area contributed by atoms with Gasteiger partial charge < -0.3 is 5.11 Å². The van der Waals surface area contributed by atoms with Gasteiger partial charge in [0.15, 0.2) is 11.3 Å². The highest BCUT2D eigenvalue weighted by Gasteiger charge is 2.19. The molecule has 1 N–H and O–H groups in total. The molecule has 2 rings (SSSR count). The summed E-state index contributed by atoms with van der Waals surface area (Å²) in [6.45, 7) is 6.53. The molecule has 21 heavy (non-hydrogen) atoms. The van der Waals surface area contributed by atoms with E-state index in [-0.39, 0.29) is 16.8 Å². The first kappa shape index (κ1) is 14.8. The Hall–Kier alpha value is -2.62. The van der Waals surface area contributed by atoms with Crippen molar-refractivity contribution in [2.75, 3.05) is 0 Å². The van der Waals surface area contributed by atoms with Gasteiger partial charge in [-0.3, -0.25) is 4.79 Å². The van der Waals surface area contributed by atoms with E-state index in [1.165, 1.54) is 15.6 Å². The van der Waals surface area contributed by atoms with Crippen molar-refractivity contribution in [1.29, 1.82) is 5.26 Å². The van der Waals surface area contributed by atoms with Crippen molar-refractivity contribution in [2.24, 2.45) is 5.41 Å². The second kappa shape index (κ2) is 5.40. The lowest BCUT2D eigenvalue weighted by molar-refractivity contribution is 0.333. The number of rotatable bonds is 3. The van der Waals surface area contributed by atoms with Gasteiger partial charge in [-0.05, 0) is 17.9 Å². The molecule has 0 atom stereocenters. The summed E-state index contributed by atoms with van der Waals surface area (Å²) in [5.74, 6) is -0.372. The molecule has 0 unspecified atom stereocenters.